The van der Waals surface area contributed by atoms with Crippen LogP contribution in [-0.4, -0.2) is 29.0 Å². The van der Waals surface area contributed by atoms with E-state index in [0.29, 0.717) is 33.8 Å². The largest absolute Gasteiger partial charge is 0.493 e. The molecule has 35 heavy (non-hydrogen) atoms. The molecule has 3 aromatic carbocycles. The molecule has 1 N–H and O–H groups in total. The molecule has 0 saturated carbocycles. The summed E-state index contributed by atoms with van der Waals surface area (Å²) in [5, 5.41) is 8.36. The van der Waals surface area contributed by atoms with Crippen LogP contribution in [0.3, 0.4) is 0 Å². The molecule has 4 aromatic rings. The zero-order chi connectivity index (χ0) is 24.1. The Balaban J connectivity index is 1.67. The Bertz CT molecular complexity index is 1490. The van der Waals surface area contributed by atoms with Crippen molar-refractivity contribution in [2.24, 2.45) is 0 Å². The van der Waals surface area contributed by atoms with Gasteiger partial charge >= 0.3 is 0 Å². The van der Waals surface area contributed by atoms with Crippen LogP contribution < -0.4 is 19.5 Å². The van der Waals surface area contributed by atoms with Gasteiger partial charge in [0.1, 0.15) is 23.9 Å². The lowest BCUT2D eigenvalue weighted by Crippen LogP contribution is -2.33. The molecule has 0 aliphatic carbocycles. The molecule has 0 radical (unpaired) electrons. The van der Waals surface area contributed by atoms with Crippen molar-refractivity contribution in [1.82, 2.24) is 14.8 Å². The molecule has 0 saturated heterocycles. The number of methoxy groups -OCH3 is 2. The van der Waals surface area contributed by atoms with E-state index >= 15 is 4.39 Å². The second-order valence-corrected chi connectivity index (χ2v) is 8.57. The number of fused-ring (bicyclic) bond motifs is 3. The number of hydrogen-bond acceptors (Lipinski definition) is 6. The van der Waals surface area contributed by atoms with Crippen molar-refractivity contribution < 1.29 is 18.6 Å². The van der Waals surface area contributed by atoms with Crippen molar-refractivity contribution in [2.45, 2.75) is 12.1 Å². The minimum Gasteiger partial charge on any atom is -0.493 e. The summed E-state index contributed by atoms with van der Waals surface area (Å²) in [7, 11) is 3.16. The third-order valence-electron chi connectivity index (χ3n) is 6.29. The maximum absolute atomic E-state index is 15.3. The van der Waals surface area contributed by atoms with Gasteiger partial charge in [0.05, 0.1) is 19.9 Å². The van der Waals surface area contributed by atoms with Crippen molar-refractivity contribution >= 4 is 23.2 Å². The van der Waals surface area contributed by atoms with E-state index in [1.807, 2.05) is 30.3 Å². The summed E-state index contributed by atoms with van der Waals surface area (Å²) in [6, 6.07) is 17.0. The summed E-state index contributed by atoms with van der Waals surface area (Å²) in [5.74, 6) is 1.84. The van der Waals surface area contributed by atoms with Crippen molar-refractivity contribution in [1.29, 1.82) is 0 Å². The number of aromatic nitrogens is 3. The van der Waals surface area contributed by atoms with Crippen LogP contribution in [0, 0.1) is 5.82 Å². The molecule has 6 rings (SSSR count). The maximum Gasteiger partial charge on any atom is 0.226 e. The summed E-state index contributed by atoms with van der Waals surface area (Å²) < 4.78 is 34.8. The number of nitrogens with one attached hydrogen (secondary N) is 1. The van der Waals surface area contributed by atoms with E-state index in [-0.39, 0.29) is 5.82 Å². The van der Waals surface area contributed by atoms with Gasteiger partial charge in [0.25, 0.3) is 0 Å². The van der Waals surface area contributed by atoms with Crippen LogP contribution in [-0.2, 0) is 0 Å². The quantitative estimate of drug-likeness (QED) is 0.399. The molecule has 0 bridgehead atoms. The van der Waals surface area contributed by atoms with Crippen molar-refractivity contribution in [3.8, 4) is 17.2 Å². The van der Waals surface area contributed by atoms with Gasteiger partial charge in [-0.1, -0.05) is 41.9 Å². The number of nitrogens with zero attached hydrogens (tertiary/aromatic N) is 3. The topological polar surface area (TPSA) is 70.4 Å². The van der Waals surface area contributed by atoms with Gasteiger partial charge in [-0.2, -0.15) is 10.1 Å². The minimum absolute atomic E-state index is 0.360. The fourth-order valence-corrected chi connectivity index (χ4v) is 4.99. The van der Waals surface area contributed by atoms with E-state index in [9.17, 15) is 0 Å². The normalized spacial score (nSPS) is 18.1. The van der Waals surface area contributed by atoms with Crippen LogP contribution in [0.1, 0.15) is 28.8 Å². The molecule has 2 aliphatic rings. The SMILES string of the molecule is COc1cccc([C@H]2Oc3ccc(Cl)cc3C3=C2[C@H](c2ccccc2F)n2ncnc2N3)c1OC. The molecule has 3 heterocycles. The highest BCUT2D eigenvalue weighted by molar-refractivity contribution is 6.30. The lowest BCUT2D eigenvalue weighted by Gasteiger charge is -2.39. The van der Waals surface area contributed by atoms with Crippen LogP contribution in [0.2, 0.25) is 5.02 Å². The van der Waals surface area contributed by atoms with Crippen LogP contribution in [0.25, 0.3) is 5.70 Å². The summed E-state index contributed by atoms with van der Waals surface area (Å²) in [6.07, 6.45) is 0.786. The molecule has 1 aromatic heterocycles. The van der Waals surface area contributed by atoms with Gasteiger partial charge in [-0.05, 0) is 30.3 Å². The second kappa shape index (κ2) is 8.32. The first-order valence-corrected chi connectivity index (χ1v) is 11.3. The molecular weight excluding hydrogens is 471 g/mol. The van der Waals surface area contributed by atoms with E-state index in [0.717, 1.165) is 22.4 Å². The lowest BCUT2D eigenvalue weighted by atomic mass is 9.84. The van der Waals surface area contributed by atoms with Gasteiger partial charge in [-0.3, -0.25) is 0 Å². The highest BCUT2D eigenvalue weighted by atomic mass is 35.5. The van der Waals surface area contributed by atoms with Gasteiger partial charge in [-0.25, -0.2) is 9.07 Å². The molecule has 0 fully saturated rings. The van der Waals surface area contributed by atoms with Crippen LogP contribution in [0.5, 0.6) is 17.2 Å². The Morgan fingerprint density at radius 3 is 2.66 bits per heavy atom. The van der Waals surface area contributed by atoms with E-state index < -0.39 is 12.1 Å². The first kappa shape index (κ1) is 21.5. The number of ether oxygens (including phenoxy) is 3. The molecule has 2 atom stereocenters. The number of para-hydroxylation sites is 1. The number of halogens is 2. The van der Waals surface area contributed by atoms with Gasteiger partial charge in [-0.15, -0.1) is 0 Å². The average Bonchev–Trinajstić information content (AvgIpc) is 3.35. The fraction of sp³-hybridized carbons (Fsp3) is 0.154. The lowest BCUT2D eigenvalue weighted by molar-refractivity contribution is 0.215. The van der Waals surface area contributed by atoms with E-state index in [1.54, 1.807) is 43.2 Å². The molecule has 0 amide bonds. The predicted octanol–water partition coefficient (Wildman–Crippen LogP) is 5.65. The first-order valence-electron chi connectivity index (χ1n) is 10.9. The van der Waals surface area contributed by atoms with E-state index in [4.69, 9.17) is 25.8 Å². The van der Waals surface area contributed by atoms with Gasteiger partial charge < -0.3 is 19.5 Å². The summed E-state index contributed by atoms with van der Waals surface area (Å²) >= 11 is 6.37. The number of anilines is 1. The molecule has 176 valence electrons. The van der Waals surface area contributed by atoms with Crippen molar-refractivity contribution in [3.05, 3.63) is 100 Å². The summed E-state index contributed by atoms with van der Waals surface area (Å²) in [5.41, 5.74) is 3.40. The standard InChI is InChI=1S/C26H20ClFN4O3/c1-33-20-9-5-7-16(24(20)34-2)25-21-22(17-12-14(27)10-11-19(17)35-25)31-26-29-13-30-32(26)23(21)15-6-3-4-8-18(15)28/h3-13,23,25H,1-2H3,(H,29,30,31)/t23-,25+/m0/s1. The number of rotatable bonds is 4. The minimum atomic E-state index is -0.654. The second-order valence-electron chi connectivity index (χ2n) is 8.13. The summed E-state index contributed by atoms with van der Waals surface area (Å²) in [4.78, 5) is 4.37. The third kappa shape index (κ3) is 3.32. The van der Waals surface area contributed by atoms with Gasteiger partial charge in [0.15, 0.2) is 17.6 Å². The zero-order valence-electron chi connectivity index (χ0n) is 18.8. The van der Waals surface area contributed by atoms with Gasteiger partial charge in [0, 0.05) is 27.3 Å². The highest BCUT2D eigenvalue weighted by Gasteiger charge is 2.43. The monoisotopic (exact) mass is 490 g/mol. The maximum atomic E-state index is 15.3. The molecule has 0 spiro atoms. The fourth-order valence-electron chi connectivity index (χ4n) is 4.81. The molecule has 9 heteroatoms. The van der Waals surface area contributed by atoms with E-state index in [1.165, 1.54) is 12.4 Å². The Morgan fingerprint density at radius 1 is 1.03 bits per heavy atom. The van der Waals surface area contributed by atoms with Crippen molar-refractivity contribution in [3.63, 3.8) is 0 Å². The summed E-state index contributed by atoms with van der Waals surface area (Å²) in [6.45, 7) is 0. The van der Waals surface area contributed by atoms with Crippen molar-refractivity contribution in [2.75, 3.05) is 19.5 Å². The van der Waals surface area contributed by atoms with Crippen LogP contribution >= 0.6 is 11.6 Å². The Hall–Kier alpha value is -4.04. The zero-order valence-corrected chi connectivity index (χ0v) is 19.6. The predicted molar refractivity (Wildman–Crippen MR) is 129 cm³/mol. The molecule has 0 unspecified atom stereocenters. The molecule has 7 nitrogen and oxygen atoms in total. The van der Waals surface area contributed by atoms with Crippen LogP contribution in [0.4, 0.5) is 10.3 Å². The Labute approximate surface area is 205 Å². The Kier molecular flexibility index (Phi) is 5.11. The number of benzene rings is 3. The number of hydrogen-bond donors (Lipinski definition) is 1. The van der Waals surface area contributed by atoms with Gasteiger partial charge in [0.2, 0.25) is 5.95 Å². The average molecular weight is 491 g/mol. The highest BCUT2D eigenvalue weighted by Crippen LogP contribution is 2.53. The molecule has 2 aliphatic heterocycles. The first-order chi connectivity index (χ1) is 17.1. The Morgan fingerprint density at radius 2 is 1.86 bits per heavy atom. The van der Waals surface area contributed by atoms with Crippen LogP contribution in [0.15, 0.2) is 72.6 Å². The third-order valence-corrected chi connectivity index (χ3v) is 6.53. The smallest absolute Gasteiger partial charge is 0.226 e. The molecular formula is C26H20ClFN4O3. The van der Waals surface area contributed by atoms with E-state index in [2.05, 4.69) is 15.4 Å².